The molecule has 0 heterocycles. The molecule has 0 aliphatic carbocycles. The first kappa shape index (κ1) is 13.4. The number of hydrogen-bond acceptors (Lipinski definition) is 3. The Bertz CT molecular complexity index is 419. The number of halogens is 2. The Morgan fingerprint density at radius 2 is 2.00 bits per heavy atom. The molecule has 0 aromatic heterocycles. The van der Waals surface area contributed by atoms with Crippen LogP contribution in [0.5, 0.6) is 11.5 Å². The van der Waals surface area contributed by atoms with Crippen molar-refractivity contribution in [2.24, 2.45) is 0 Å². The van der Waals surface area contributed by atoms with Gasteiger partial charge >= 0.3 is 0 Å². The van der Waals surface area contributed by atoms with Gasteiger partial charge in [0.2, 0.25) is 0 Å². The summed E-state index contributed by atoms with van der Waals surface area (Å²) in [5.41, 5.74) is 0.0245. The first-order chi connectivity index (χ1) is 8.06. The van der Waals surface area contributed by atoms with E-state index in [0.717, 1.165) is 6.07 Å². The summed E-state index contributed by atoms with van der Waals surface area (Å²) in [6, 6.07) is 0.922. The summed E-state index contributed by atoms with van der Waals surface area (Å²) >= 11 is 0. The first-order valence-electron chi connectivity index (χ1n) is 5.10. The van der Waals surface area contributed by atoms with Gasteiger partial charge in [-0.25, -0.2) is 8.78 Å². The monoisotopic (exact) mass is 244 g/mol. The van der Waals surface area contributed by atoms with E-state index in [1.54, 1.807) is 6.92 Å². The Labute approximate surface area is 98.3 Å². The average Bonchev–Trinajstić information content (AvgIpc) is 2.31. The van der Waals surface area contributed by atoms with E-state index >= 15 is 0 Å². The van der Waals surface area contributed by atoms with Gasteiger partial charge in [0.15, 0.2) is 23.1 Å². The van der Waals surface area contributed by atoms with Crippen LogP contribution in [0.1, 0.15) is 24.8 Å². The van der Waals surface area contributed by atoms with Crippen LogP contribution in [0.15, 0.2) is 6.07 Å². The van der Waals surface area contributed by atoms with Crippen molar-refractivity contribution in [3.63, 3.8) is 0 Å². The number of hydrogen-bond donors (Lipinski definition) is 0. The molecule has 0 aliphatic rings. The highest BCUT2D eigenvalue weighted by Crippen LogP contribution is 2.39. The van der Waals surface area contributed by atoms with E-state index in [-0.39, 0.29) is 23.5 Å². The second-order valence-electron chi connectivity index (χ2n) is 3.62. The standard InChI is InChI=1S/C12H14F2O3/c1-7(4-5-15)10-11(14)8(13)6-9(16-2)12(10)17-3/h5-7H,4H2,1-3H3. The highest BCUT2D eigenvalue weighted by Gasteiger charge is 2.24. The molecule has 1 atom stereocenters. The van der Waals surface area contributed by atoms with E-state index in [1.807, 2.05) is 0 Å². The van der Waals surface area contributed by atoms with Crippen LogP contribution >= 0.6 is 0 Å². The van der Waals surface area contributed by atoms with E-state index in [4.69, 9.17) is 9.47 Å². The van der Waals surface area contributed by atoms with Gasteiger partial charge < -0.3 is 14.3 Å². The van der Waals surface area contributed by atoms with E-state index in [1.165, 1.54) is 14.2 Å². The van der Waals surface area contributed by atoms with Crippen LogP contribution in [0.4, 0.5) is 8.78 Å². The zero-order valence-corrected chi connectivity index (χ0v) is 9.92. The molecule has 0 fully saturated rings. The molecular weight excluding hydrogens is 230 g/mol. The molecule has 5 heteroatoms. The fourth-order valence-corrected chi connectivity index (χ4v) is 1.67. The maximum Gasteiger partial charge on any atom is 0.167 e. The number of aldehydes is 1. The number of methoxy groups -OCH3 is 2. The molecule has 1 rings (SSSR count). The van der Waals surface area contributed by atoms with Crippen molar-refractivity contribution in [3.8, 4) is 11.5 Å². The lowest BCUT2D eigenvalue weighted by molar-refractivity contribution is -0.108. The van der Waals surface area contributed by atoms with Gasteiger partial charge in [-0.1, -0.05) is 6.92 Å². The second-order valence-corrected chi connectivity index (χ2v) is 3.62. The number of rotatable bonds is 5. The quantitative estimate of drug-likeness (QED) is 0.747. The lowest BCUT2D eigenvalue weighted by Gasteiger charge is -2.17. The Kier molecular flexibility index (Phi) is 4.43. The SMILES string of the molecule is COc1cc(F)c(F)c(C(C)CC=O)c1OC. The van der Waals surface area contributed by atoms with Crippen molar-refractivity contribution >= 4 is 6.29 Å². The minimum Gasteiger partial charge on any atom is -0.493 e. The number of benzene rings is 1. The maximum atomic E-state index is 13.7. The molecule has 0 bridgehead atoms. The third kappa shape index (κ3) is 2.54. The van der Waals surface area contributed by atoms with E-state index in [2.05, 4.69) is 0 Å². The third-order valence-corrected chi connectivity index (χ3v) is 2.54. The lowest BCUT2D eigenvalue weighted by Crippen LogP contribution is -2.06. The molecule has 0 saturated heterocycles. The molecule has 0 aliphatic heterocycles. The van der Waals surface area contributed by atoms with Crippen LogP contribution < -0.4 is 9.47 Å². The summed E-state index contributed by atoms with van der Waals surface area (Å²) in [6.07, 6.45) is 0.737. The van der Waals surface area contributed by atoms with Crippen molar-refractivity contribution in [3.05, 3.63) is 23.3 Å². The summed E-state index contributed by atoms with van der Waals surface area (Å²) in [5.74, 6) is -2.26. The van der Waals surface area contributed by atoms with Crippen LogP contribution in [0, 0.1) is 11.6 Å². The molecule has 0 spiro atoms. The van der Waals surface area contributed by atoms with Crippen molar-refractivity contribution in [2.75, 3.05) is 14.2 Å². The van der Waals surface area contributed by atoms with E-state index < -0.39 is 17.6 Å². The summed E-state index contributed by atoms with van der Waals surface area (Å²) in [6.45, 7) is 1.62. The lowest BCUT2D eigenvalue weighted by atomic mass is 9.96. The fraction of sp³-hybridized carbons (Fsp3) is 0.417. The molecule has 1 unspecified atom stereocenters. The number of carbonyl (C=O) groups is 1. The average molecular weight is 244 g/mol. The van der Waals surface area contributed by atoms with Gasteiger partial charge in [-0.15, -0.1) is 0 Å². The predicted octanol–water partition coefficient (Wildman–Crippen LogP) is 2.67. The smallest absolute Gasteiger partial charge is 0.167 e. The van der Waals surface area contributed by atoms with Crippen molar-refractivity contribution in [1.29, 1.82) is 0 Å². The topological polar surface area (TPSA) is 35.5 Å². The van der Waals surface area contributed by atoms with Gasteiger partial charge in [0.25, 0.3) is 0 Å². The second kappa shape index (κ2) is 5.61. The third-order valence-electron chi connectivity index (χ3n) is 2.54. The molecule has 0 radical (unpaired) electrons. The van der Waals surface area contributed by atoms with Crippen molar-refractivity contribution in [1.82, 2.24) is 0 Å². The van der Waals surface area contributed by atoms with Gasteiger partial charge in [0.05, 0.1) is 14.2 Å². The summed E-state index contributed by atoms with van der Waals surface area (Å²) in [7, 11) is 2.68. The van der Waals surface area contributed by atoms with Crippen molar-refractivity contribution < 1.29 is 23.0 Å². The van der Waals surface area contributed by atoms with Gasteiger partial charge in [-0.05, 0) is 5.92 Å². The largest absolute Gasteiger partial charge is 0.493 e. The van der Waals surface area contributed by atoms with Crippen LogP contribution in [-0.4, -0.2) is 20.5 Å². The fourth-order valence-electron chi connectivity index (χ4n) is 1.67. The van der Waals surface area contributed by atoms with Gasteiger partial charge in [-0.2, -0.15) is 0 Å². The molecule has 94 valence electrons. The van der Waals surface area contributed by atoms with E-state index in [9.17, 15) is 13.6 Å². The number of ether oxygens (including phenoxy) is 2. The summed E-state index contributed by atoms with van der Waals surface area (Å²) < 4.78 is 37.0. The summed E-state index contributed by atoms with van der Waals surface area (Å²) in [5, 5.41) is 0. The zero-order chi connectivity index (χ0) is 13.0. The molecule has 3 nitrogen and oxygen atoms in total. The van der Waals surface area contributed by atoms with Crippen molar-refractivity contribution in [2.45, 2.75) is 19.3 Å². The molecular formula is C12H14F2O3. The van der Waals surface area contributed by atoms with Crippen LogP contribution in [0.3, 0.4) is 0 Å². The molecule has 1 aromatic rings. The Morgan fingerprint density at radius 1 is 1.35 bits per heavy atom. The summed E-state index contributed by atoms with van der Waals surface area (Å²) in [4.78, 5) is 10.5. The Morgan fingerprint density at radius 3 is 2.47 bits per heavy atom. The Hall–Kier alpha value is -1.65. The predicted molar refractivity (Wildman–Crippen MR) is 58.6 cm³/mol. The van der Waals surface area contributed by atoms with E-state index in [0.29, 0.717) is 6.29 Å². The molecule has 17 heavy (non-hydrogen) atoms. The molecule has 0 saturated carbocycles. The van der Waals surface area contributed by atoms with Crippen LogP contribution in [0.25, 0.3) is 0 Å². The zero-order valence-electron chi connectivity index (χ0n) is 9.92. The van der Waals surface area contributed by atoms with Gasteiger partial charge in [0.1, 0.15) is 6.29 Å². The number of carbonyl (C=O) groups excluding carboxylic acids is 1. The minimum atomic E-state index is -1.02. The minimum absolute atomic E-state index is 0.0245. The Balaban J connectivity index is 3.42. The molecule has 0 amide bonds. The van der Waals surface area contributed by atoms with Crippen LogP contribution in [-0.2, 0) is 4.79 Å². The highest BCUT2D eigenvalue weighted by atomic mass is 19.2. The highest BCUT2D eigenvalue weighted by molar-refractivity contribution is 5.55. The van der Waals surface area contributed by atoms with Gasteiger partial charge in [-0.3, -0.25) is 0 Å². The normalized spacial score (nSPS) is 12.1. The van der Waals surface area contributed by atoms with Crippen LogP contribution in [0.2, 0.25) is 0 Å². The molecule has 1 aromatic carbocycles. The maximum absolute atomic E-state index is 13.7. The molecule has 0 N–H and O–H groups in total. The first-order valence-corrected chi connectivity index (χ1v) is 5.10. The van der Waals surface area contributed by atoms with Gasteiger partial charge in [0, 0.05) is 18.1 Å².